The third-order valence-corrected chi connectivity index (χ3v) is 3.31. The largest absolute Gasteiger partial charge is 0.480 e. The van der Waals surface area contributed by atoms with Gasteiger partial charge in [0.1, 0.15) is 0 Å². The normalized spacial score (nSPS) is 12.5. The first-order valence-corrected chi connectivity index (χ1v) is 7.13. The molecular formula is C17H23NO4. The Morgan fingerprint density at radius 1 is 1.36 bits per heavy atom. The van der Waals surface area contributed by atoms with Crippen molar-refractivity contribution in [1.82, 2.24) is 5.32 Å². The van der Waals surface area contributed by atoms with Gasteiger partial charge in [0.25, 0.3) is 0 Å². The molecule has 1 aromatic rings. The number of ether oxygens (including phenoxy) is 1. The molecule has 1 rings (SSSR count). The molecule has 0 spiro atoms. The summed E-state index contributed by atoms with van der Waals surface area (Å²) in [4.78, 5) is 23.3. The van der Waals surface area contributed by atoms with Gasteiger partial charge in [0.05, 0.1) is 13.2 Å². The van der Waals surface area contributed by atoms with Gasteiger partial charge in [-0.1, -0.05) is 50.3 Å². The van der Waals surface area contributed by atoms with Crippen LogP contribution in [-0.2, 0) is 19.7 Å². The van der Waals surface area contributed by atoms with E-state index in [-0.39, 0.29) is 31.0 Å². The van der Waals surface area contributed by atoms with Crippen LogP contribution in [0.4, 0.5) is 0 Å². The number of hydrogen-bond acceptors (Lipinski definition) is 3. The molecule has 5 heteroatoms. The molecular weight excluding hydrogens is 282 g/mol. The van der Waals surface area contributed by atoms with Crippen LogP contribution in [0.25, 0.3) is 0 Å². The lowest BCUT2D eigenvalue weighted by molar-refractivity contribution is -0.143. The van der Waals surface area contributed by atoms with Gasteiger partial charge in [-0.15, -0.1) is 6.58 Å². The molecule has 0 fully saturated rings. The summed E-state index contributed by atoms with van der Waals surface area (Å²) in [6, 6.07) is 8.59. The van der Waals surface area contributed by atoms with E-state index in [0.717, 1.165) is 5.56 Å². The maximum Gasteiger partial charge on any atom is 0.328 e. The number of carboxylic acids is 1. The standard InChI is InChI=1S/C17H23NO4/c1-4-10-22-12-14(16(20)21)18-15(19)11-17(2,3)13-8-6-5-7-9-13/h4-9,14H,1,10-12H2,2-3H3,(H,18,19)(H,20,21). The molecule has 0 heterocycles. The van der Waals surface area contributed by atoms with Crippen molar-refractivity contribution in [3.63, 3.8) is 0 Å². The van der Waals surface area contributed by atoms with Crippen molar-refractivity contribution >= 4 is 11.9 Å². The molecule has 0 bridgehead atoms. The monoisotopic (exact) mass is 305 g/mol. The zero-order valence-electron chi connectivity index (χ0n) is 13.0. The predicted octanol–water partition coefficient (Wildman–Crippen LogP) is 2.13. The lowest BCUT2D eigenvalue weighted by Gasteiger charge is -2.25. The van der Waals surface area contributed by atoms with E-state index in [2.05, 4.69) is 11.9 Å². The van der Waals surface area contributed by atoms with Crippen LogP contribution < -0.4 is 5.32 Å². The lowest BCUT2D eigenvalue weighted by Crippen LogP contribution is -2.45. The van der Waals surface area contributed by atoms with Gasteiger partial charge >= 0.3 is 5.97 Å². The fourth-order valence-corrected chi connectivity index (χ4v) is 2.08. The smallest absolute Gasteiger partial charge is 0.328 e. The molecule has 0 aromatic heterocycles. The van der Waals surface area contributed by atoms with E-state index >= 15 is 0 Å². The van der Waals surface area contributed by atoms with Crippen LogP contribution in [0.5, 0.6) is 0 Å². The third kappa shape index (κ3) is 5.69. The van der Waals surface area contributed by atoms with Gasteiger partial charge in [-0.2, -0.15) is 0 Å². The number of carboxylic acid groups (broad SMARTS) is 1. The second-order valence-corrected chi connectivity index (χ2v) is 5.71. The van der Waals surface area contributed by atoms with Crippen molar-refractivity contribution in [1.29, 1.82) is 0 Å². The highest BCUT2D eigenvalue weighted by atomic mass is 16.5. The topological polar surface area (TPSA) is 75.6 Å². The molecule has 0 radical (unpaired) electrons. The highest BCUT2D eigenvalue weighted by Gasteiger charge is 2.27. The molecule has 2 N–H and O–H groups in total. The van der Waals surface area contributed by atoms with Crippen molar-refractivity contribution in [2.24, 2.45) is 0 Å². The van der Waals surface area contributed by atoms with Crippen molar-refractivity contribution in [3.8, 4) is 0 Å². The zero-order chi connectivity index (χ0) is 16.6. The Labute approximate surface area is 131 Å². The molecule has 0 saturated carbocycles. The third-order valence-electron chi connectivity index (χ3n) is 3.31. The summed E-state index contributed by atoms with van der Waals surface area (Å²) in [6.45, 7) is 7.55. The van der Waals surface area contributed by atoms with Crippen LogP contribution in [0.2, 0.25) is 0 Å². The van der Waals surface area contributed by atoms with Gasteiger partial charge in [-0.25, -0.2) is 4.79 Å². The predicted molar refractivity (Wildman–Crippen MR) is 84.7 cm³/mol. The van der Waals surface area contributed by atoms with Crippen molar-refractivity contribution in [3.05, 3.63) is 48.6 Å². The summed E-state index contributed by atoms with van der Waals surface area (Å²) in [5, 5.41) is 11.6. The fraction of sp³-hybridized carbons (Fsp3) is 0.412. The molecule has 0 aliphatic rings. The van der Waals surface area contributed by atoms with Crippen LogP contribution in [0, 0.1) is 0 Å². The van der Waals surface area contributed by atoms with Crippen LogP contribution in [-0.4, -0.2) is 36.2 Å². The number of benzene rings is 1. The van der Waals surface area contributed by atoms with Gasteiger partial charge in [-0.3, -0.25) is 4.79 Å². The minimum atomic E-state index is -1.12. The van der Waals surface area contributed by atoms with E-state index in [4.69, 9.17) is 9.84 Å². The summed E-state index contributed by atoms with van der Waals surface area (Å²) in [7, 11) is 0. The Morgan fingerprint density at radius 3 is 2.55 bits per heavy atom. The Hall–Kier alpha value is -2.14. The Bertz CT molecular complexity index is 511. The van der Waals surface area contributed by atoms with E-state index in [1.54, 1.807) is 0 Å². The second-order valence-electron chi connectivity index (χ2n) is 5.71. The Kier molecular flexibility index (Phi) is 6.79. The average Bonchev–Trinajstić information content (AvgIpc) is 2.46. The SMILES string of the molecule is C=CCOCC(NC(=O)CC(C)(C)c1ccccc1)C(=O)O. The average molecular weight is 305 g/mol. The maximum atomic E-state index is 12.1. The summed E-state index contributed by atoms with van der Waals surface area (Å²) in [6.07, 6.45) is 1.72. The number of amides is 1. The van der Waals surface area contributed by atoms with Gasteiger partial charge in [0.2, 0.25) is 5.91 Å². The number of rotatable bonds is 9. The number of carbonyl (C=O) groups is 2. The first-order chi connectivity index (χ1) is 10.4. The molecule has 1 atom stereocenters. The molecule has 1 aromatic carbocycles. The minimum absolute atomic E-state index is 0.0845. The van der Waals surface area contributed by atoms with E-state index in [1.165, 1.54) is 6.08 Å². The van der Waals surface area contributed by atoms with Gasteiger partial charge < -0.3 is 15.2 Å². The van der Waals surface area contributed by atoms with Gasteiger partial charge in [0, 0.05) is 6.42 Å². The Balaban J connectivity index is 2.63. The Morgan fingerprint density at radius 2 is 2.00 bits per heavy atom. The van der Waals surface area contributed by atoms with Crippen LogP contribution >= 0.6 is 0 Å². The quantitative estimate of drug-likeness (QED) is 0.541. The maximum absolute atomic E-state index is 12.1. The molecule has 1 amide bonds. The van der Waals surface area contributed by atoms with Crippen molar-refractivity contribution in [2.45, 2.75) is 31.7 Å². The summed E-state index contributed by atoms with van der Waals surface area (Å²) >= 11 is 0. The van der Waals surface area contributed by atoms with E-state index in [9.17, 15) is 9.59 Å². The minimum Gasteiger partial charge on any atom is -0.480 e. The number of carbonyl (C=O) groups excluding carboxylic acids is 1. The molecule has 5 nitrogen and oxygen atoms in total. The first-order valence-electron chi connectivity index (χ1n) is 7.13. The molecule has 120 valence electrons. The molecule has 0 saturated heterocycles. The fourth-order valence-electron chi connectivity index (χ4n) is 2.08. The molecule has 1 unspecified atom stereocenters. The second kappa shape index (κ2) is 8.34. The van der Waals surface area contributed by atoms with Gasteiger partial charge in [0.15, 0.2) is 6.04 Å². The van der Waals surface area contributed by atoms with Crippen molar-refractivity contribution < 1.29 is 19.4 Å². The van der Waals surface area contributed by atoms with Crippen molar-refractivity contribution in [2.75, 3.05) is 13.2 Å². The lowest BCUT2D eigenvalue weighted by atomic mass is 9.81. The first kappa shape index (κ1) is 17.9. The van der Waals surface area contributed by atoms with Gasteiger partial charge in [-0.05, 0) is 11.0 Å². The molecule has 22 heavy (non-hydrogen) atoms. The van der Waals surface area contributed by atoms with Crippen LogP contribution in [0.3, 0.4) is 0 Å². The summed E-state index contributed by atoms with van der Waals surface area (Å²) in [5.74, 6) is -1.43. The molecule has 0 aliphatic heterocycles. The van der Waals surface area contributed by atoms with Crippen LogP contribution in [0.15, 0.2) is 43.0 Å². The zero-order valence-corrected chi connectivity index (χ0v) is 13.0. The highest BCUT2D eigenvalue weighted by Crippen LogP contribution is 2.26. The van der Waals surface area contributed by atoms with E-state index in [1.807, 2.05) is 44.2 Å². The number of nitrogens with one attached hydrogen (secondary N) is 1. The van der Waals surface area contributed by atoms with E-state index < -0.39 is 12.0 Å². The highest BCUT2D eigenvalue weighted by molar-refractivity contribution is 5.84. The number of aliphatic carboxylic acids is 1. The number of hydrogen-bond donors (Lipinski definition) is 2. The molecule has 0 aliphatic carbocycles. The van der Waals surface area contributed by atoms with Crippen LogP contribution in [0.1, 0.15) is 25.8 Å². The summed E-state index contributed by atoms with van der Waals surface area (Å²) < 4.78 is 5.11. The van der Waals surface area contributed by atoms with E-state index in [0.29, 0.717) is 0 Å². The summed E-state index contributed by atoms with van der Waals surface area (Å²) in [5.41, 5.74) is 0.649.